The van der Waals surface area contributed by atoms with Crippen LogP contribution in [0.3, 0.4) is 0 Å². The highest BCUT2D eigenvalue weighted by atomic mass is 16.5. The summed E-state index contributed by atoms with van der Waals surface area (Å²) in [5, 5.41) is 2.76. The summed E-state index contributed by atoms with van der Waals surface area (Å²) < 4.78 is 16.0. The van der Waals surface area contributed by atoms with Crippen molar-refractivity contribution in [3.63, 3.8) is 0 Å². The molecule has 0 radical (unpaired) electrons. The average molecular weight is 335 g/mol. The molecule has 1 heterocycles. The maximum absolute atomic E-state index is 12.2. The van der Waals surface area contributed by atoms with Gasteiger partial charge in [0, 0.05) is 12.5 Å². The van der Waals surface area contributed by atoms with Gasteiger partial charge in [0.05, 0.1) is 20.8 Å². The summed E-state index contributed by atoms with van der Waals surface area (Å²) in [5.41, 5.74) is -0.405. The topological polar surface area (TPSA) is 73.9 Å². The Kier molecular flexibility index (Phi) is 5.70. The Morgan fingerprint density at radius 2 is 2.08 bits per heavy atom. The Morgan fingerprint density at radius 1 is 1.33 bits per heavy atom. The SMILES string of the molecule is CCCCOc1cc([C@@H]2CNC(=O)[C@@]2(C)C(=O)OC)ccc1OC. The fourth-order valence-corrected chi connectivity index (χ4v) is 2.99. The van der Waals surface area contributed by atoms with Gasteiger partial charge >= 0.3 is 5.97 Å². The van der Waals surface area contributed by atoms with Crippen LogP contribution < -0.4 is 14.8 Å². The molecule has 2 rings (SSSR count). The summed E-state index contributed by atoms with van der Waals surface area (Å²) >= 11 is 0. The fraction of sp³-hybridized carbons (Fsp3) is 0.556. The maximum atomic E-state index is 12.2. The van der Waals surface area contributed by atoms with Gasteiger partial charge < -0.3 is 19.5 Å². The van der Waals surface area contributed by atoms with Gasteiger partial charge in [-0.3, -0.25) is 9.59 Å². The monoisotopic (exact) mass is 335 g/mol. The Morgan fingerprint density at radius 3 is 2.71 bits per heavy atom. The summed E-state index contributed by atoms with van der Waals surface area (Å²) in [6.07, 6.45) is 1.97. The molecule has 2 atom stereocenters. The van der Waals surface area contributed by atoms with E-state index in [1.807, 2.05) is 12.1 Å². The third kappa shape index (κ3) is 3.18. The lowest BCUT2D eigenvalue weighted by Crippen LogP contribution is -2.40. The number of methoxy groups -OCH3 is 2. The number of carbonyl (C=O) groups excluding carboxylic acids is 2. The number of hydrogen-bond donors (Lipinski definition) is 1. The third-order valence-electron chi connectivity index (χ3n) is 4.59. The summed E-state index contributed by atoms with van der Waals surface area (Å²) in [5.74, 6) is 0.0780. The molecule has 0 unspecified atom stereocenters. The summed E-state index contributed by atoms with van der Waals surface area (Å²) in [6, 6.07) is 5.51. The molecule has 0 saturated carbocycles. The van der Waals surface area contributed by atoms with Crippen molar-refractivity contribution in [2.75, 3.05) is 27.4 Å². The molecule has 1 amide bonds. The molecule has 1 saturated heterocycles. The van der Waals surface area contributed by atoms with Gasteiger partial charge in [0.25, 0.3) is 0 Å². The lowest BCUT2D eigenvalue weighted by atomic mass is 9.75. The van der Waals surface area contributed by atoms with Gasteiger partial charge in [-0.05, 0) is 31.0 Å². The van der Waals surface area contributed by atoms with Gasteiger partial charge in [0.2, 0.25) is 5.91 Å². The van der Waals surface area contributed by atoms with E-state index in [2.05, 4.69) is 12.2 Å². The zero-order valence-corrected chi connectivity index (χ0v) is 14.7. The van der Waals surface area contributed by atoms with Crippen LogP contribution in [-0.4, -0.2) is 39.2 Å². The molecule has 0 bridgehead atoms. The second-order valence-electron chi connectivity index (χ2n) is 6.07. The van der Waals surface area contributed by atoms with Crippen LogP contribution in [0.5, 0.6) is 11.5 Å². The molecule has 1 aromatic rings. The van der Waals surface area contributed by atoms with Crippen LogP contribution in [0, 0.1) is 5.41 Å². The zero-order valence-electron chi connectivity index (χ0n) is 14.7. The smallest absolute Gasteiger partial charge is 0.321 e. The summed E-state index contributed by atoms with van der Waals surface area (Å²) in [6.45, 7) is 4.68. The molecule has 1 aliphatic rings. The summed E-state index contributed by atoms with van der Waals surface area (Å²) in [4.78, 5) is 24.4. The summed E-state index contributed by atoms with van der Waals surface area (Å²) in [7, 11) is 2.88. The van der Waals surface area contributed by atoms with Crippen LogP contribution in [-0.2, 0) is 14.3 Å². The Labute approximate surface area is 142 Å². The number of esters is 1. The van der Waals surface area contributed by atoms with Crippen LogP contribution in [0.15, 0.2) is 18.2 Å². The van der Waals surface area contributed by atoms with Gasteiger partial charge in [-0.15, -0.1) is 0 Å². The molecule has 132 valence electrons. The highest BCUT2D eigenvalue weighted by molar-refractivity contribution is 6.05. The van der Waals surface area contributed by atoms with Crippen molar-refractivity contribution >= 4 is 11.9 Å². The first-order chi connectivity index (χ1) is 11.5. The van der Waals surface area contributed by atoms with E-state index in [0.29, 0.717) is 24.7 Å². The van der Waals surface area contributed by atoms with Crippen LogP contribution in [0.2, 0.25) is 0 Å². The van der Waals surface area contributed by atoms with E-state index in [1.165, 1.54) is 7.11 Å². The van der Waals surface area contributed by atoms with Crippen LogP contribution >= 0.6 is 0 Å². The van der Waals surface area contributed by atoms with Crippen molar-refractivity contribution in [3.05, 3.63) is 23.8 Å². The predicted octanol–water partition coefficient (Wildman–Crippen LogP) is 2.27. The van der Waals surface area contributed by atoms with E-state index in [9.17, 15) is 9.59 Å². The van der Waals surface area contributed by atoms with E-state index in [1.54, 1.807) is 20.1 Å². The molecular weight excluding hydrogens is 310 g/mol. The fourth-order valence-electron chi connectivity index (χ4n) is 2.99. The second-order valence-corrected chi connectivity index (χ2v) is 6.07. The van der Waals surface area contributed by atoms with Crippen molar-refractivity contribution in [2.24, 2.45) is 5.41 Å². The number of amides is 1. The van der Waals surface area contributed by atoms with Gasteiger partial charge in [-0.1, -0.05) is 19.4 Å². The van der Waals surface area contributed by atoms with Crippen molar-refractivity contribution in [3.8, 4) is 11.5 Å². The van der Waals surface area contributed by atoms with Crippen molar-refractivity contribution < 1.29 is 23.8 Å². The molecule has 6 heteroatoms. The Balaban J connectivity index is 2.35. The number of carbonyl (C=O) groups is 2. The molecule has 1 aromatic carbocycles. The normalized spacial score (nSPS) is 22.8. The molecule has 0 spiro atoms. The Bertz CT molecular complexity index is 615. The number of nitrogens with one attached hydrogen (secondary N) is 1. The van der Waals surface area contributed by atoms with Gasteiger partial charge in [-0.2, -0.15) is 0 Å². The Hall–Kier alpha value is -2.24. The quantitative estimate of drug-likeness (QED) is 0.470. The molecule has 24 heavy (non-hydrogen) atoms. The lowest BCUT2D eigenvalue weighted by molar-refractivity contribution is -0.156. The molecular formula is C18H25NO5. The highest BCUT2D eigenvalue weighted by Gasteiger charge is 2.54. The first-order valence-corrected chi connectivity index (χ1v) is 8.16. The van der Waals surface area contributed by atoms with Gasteiger partial charge in [0.1, 0.15) is 0 Å². The zero-order chi connectivity index (χ0) is 17.7. The van der Waals surface area contributed by atoms with Crippen LogP contribution in [0.1, 0.15) is 38.2 Å². The minimum absolute atomic E-state index is 0.316. The lowest BCUT2D eigenvalue weighted by Gasteiger charge is -2.26. The van der Waals surface area contributed by atoms with E-state index in [0.717, 1.165) is 18.4 Å². The highest BCUT2D eigenvalue weighted by Crippen LogP contribution is 2.43. The maximum Gasteiger partial charge on any atom is 0.321 e. The van der Waals surface area contributed by atoms with E-state index in [4.69, 9.17) is 14.2 Å². The second kappa shape index (κ2) is 7.55. The van der Waals surface area contributed by atoms with E-state index < -0.39 is 11.4 Å². The van der Waals surface area contributed by atoms with Gasteiger partial charge in [-0.25, -0.2) is 0 Å². The standard InChI is InChI=1S/C18H25NO5/c1-5-6-9-24-15-10-12(7-8-14(15)22-3)13-11-19-16(20)18(13,2)17(21)23-4/h7-8,10,13H,5-6,9,11H2,1-4H3,(H,19,20)/t13-,18-/m0/s1. The molecule has 0 aromatic heterocycles. The molecule has 6 nitrogen and oxygen atoms in total. The first kappa shape index (κ1) is 18.1. The number of rotatable bonds is 7. The number of ether oxygens (including phenoxy) is 3. The molecule has 1 fully saturated rings. The van der Waals surface area contributed by atoms with Crippen LogP contribution in [0.25, 0.3) is 0 Å². The minimum atomic E-state index is -1.25. The van der Waals surface area contributed by atoms with Crippen molar-refractivity contribution in [1.82, 2.24) is 5.32 Å². The van der Waals surface area contributed by atoms with Crippen molar-refractivity contribution in [1.29, 1.82) is 0 Å². The predicted molar refractivity (Wildman–Crippen MR) is 89.3 cm³/mol. The molecule has 1 N–H and O–H groups in total. The van der Waals surface area contributed by atoms with Crippen molar-refractivity contribution in [2.45, 2.75) is 32.6 Å². The van der Waals surface area contributed by atoms with E-state index in [-0.39, 0.29) is 11.8 Å². The average Bonchev–Trinajstić information content (AvgIpc) is 2.90. The number of unbranched alkanes of at least 4 members (excludes halogenated alkanes) is 1. The number of benzene rings is 1. The minimum Gasteiger partial charge on any atom is -0.493 e. The van der Waals surface area contributed by atoms with E-state index >= 15 is 0 Å². The first-order valence-electron chi connectivity index (χ1n) is 8.16. The van der Waals surface area contributed by atoms with Crippen LogP contribution in [0.4, 0.5) is 0 Å². The molecule has 0 aliphatic carbocycles. The third-order valence-corrected chi connectivity index (χ3v) is 4.59. The van der Waals surface area contributed by atoms with Gasteiger partial charge in [0.15, 0.2) is 16.9 Å². The number of hydrogen-bond acceptors (Lipinski definition) is 5. The molecule has 1 aliphatic heterocycles. The largest absolute Gasteiger partial charge is 0.493 e.